The molecule has 0 fully saturated rings. The normalized spacial score (nSPS) is 15.2. The van der Waals surface area contributed by atoms with Gasteiger partial charge in [-0.05, 0) is 29.7 Å². The van der Waals surface area contributed by atoms with E-state index in [1.807, 2.05) is 32.0 Å². The number of aliphatic hydroxyl groups is 1. The lowest BCUT2D eigenvalue weighted by Gasteiger charge is -2.20. The molecule has 1 amide bonds. The number of thioether (sulfide) groups is 1. The Morgan fingerprint density at radius 3 is 2.85 bits per heavy atom. The number of nitrogens with zero attached hydrogens (tertiary/aromatic N) is 3. The van der Waals surface area contributed by atoms with Gasteiger partial charge in [-0.25, -0.2) is 9.97 Å². The number of rotatable bonds is 5. The summed E-state index contributed by atoms with van der Waals surface area (Å²) in [6.07, 6.45) is 2.80. The molecule has 0 aliphatic carbocycles. The number of carbonyl (C=O) groups is 1. The second kappa shape index (κ2) is 8.51. The SMILES string of the molecule is CC(C)C(O)c1ccc2c(c1)CN(C(=O)CSc1ncccn1)CCO2. The van der Waals surface area contributed by atoms with Gasteiger partial charge in [0.2, 0.25) is 5.91 Å². The topological polar surface area (TPSA) is 75.5 Å². The zero-order valence-corrected chi connectivity index (χ0v) is 15.8. The highest BCUT2D eigenvalue weighted by atomic mass is 32.2. The first kappa shape index (κ1) is 18.7. The molecule has 1 aromatic carbocycles. The van der Waals surface area contributed by atoms with E-state index in [1.165, 1.54) is 11.8 Å². The first-order chi connectivity index (χ1) is 12.5. The lowest BCUT2D eigenvalue weighted by Crippen LogP contribution is -2.33. The van der Waals surface area contributed by atoms with Gasteiger partial charge in [0.15, 0.2) is 5.16 Å². The molecule has 2 aromatic rings. The molecule has 1 aliphatic rings. The summed E-state index contributed by atoms with van der Waals surface area (Å²) in [5, 5.41) is 10.9. The van der Waals surface area contributed by atoms with Gasteiger partial charge in [0, 0.05) is 24.5 Å². The van der Waals surface area contributed by atoms with Crippen molar-refractivity contribution in [2.24, 2.45) is 5.92 Å². The third-order valence-electron chi connectivity index (χ3n) is 4.26. The quantitative estimate of drug-likeness (QED) is 0.641. The molecular weight excluding hydrogens is 350 g/mol. The molecule has 0 bridgehead atoms. The molecule has 138 valence electrons. The minimum atomic E-state index is -0.529. The van der Waals surface area contributed by atoms with Crippen LogP contribution in [0.15, 0.2) is 41.8 Å². The minimum absolute atomic E-state index is 0.0220. The largest absolute Gasteiger partial charge is 0.491 e. The van der Waals surface area contributed by atoms with Crippen molar-refractivity contribution in [2.75, 3.05) is 18.9 Å². The molecule has 1 aromatic heterocycles. The number of ether oxygens (including phenoxy) is 1. The summed E-state index contributed by atoms with van der Waals surface area (Å²) in [5.41, 5.74) is 1.78. The summed E-state index contributed by atoms with van der Waals surface area (Å²) in [4.78, 5) is 22.6. The van der Waals surface area contributed by atoms with Crippen LogP contribution in [0.4, 0.5) is 0 Å². The summed E-state index contributed by atoms with van der Waals surface area (Å²) < 4.78 is 5.78. The van der Waals surface area contributed by atoms with Gasteiger partial charge in [-0.15, -0.1) is 0 Å². The predicted octanol–water partition coefficient (Wildman–Crippen LogP) is 2.68. The van der Waals surface area contributed by atoms with Gasteiger partial charge >= 0.3 is 0 Å². The number of fused-ring (bicyclic) bond motifs is 1. The van der Waals surface area contributed by atoms with Crippen molar-refractivity contribution >= 4 is 17.7 Å². The maximum atomic E-state index is 12.6. The average Bonchev–Trinajstić information content (AvgIpc) is 2.88. The molecule has 0 saturated carbocycles. The number of benzene rings is 1. The van der Waals surface area contributed by atoms with E-state index in [-0.39, 0.29) is 17.6 Å². The third-order valence-corrected chi connectivity index (χ3v) is 5.12. The molecule has 2 heterocycles. The van der Waals surface area contributed by atoms with Crippen molar-refractivity contribution < 1.29 is 14.6 Å². The fraction of sp³-hybridized carbons (Fsp3) is 0.421. The number of aliphatic hydroxyl groups excluding tert-OH is 1. The number of aromatic nitrogens is 2. The van der Waals surface area contributed by atoms with Gasteiger partial charge in [0.05, 0.1) is 18.4 Å². The average molecular weight is 373 g/mol. The number of hydrogen-bond acceptors (Lipinski definition) is 6. The van der Waals surface area contributed by atoms with Gasteiger partial charge in [-0.2, -0.15) is 0 Å². The van der Waals surface area contributed by atoms with Gasteiger partial charge < -0.3 is 14.7 Å². The molecule has 0 saturated heterocycles. The van der Waals surface area contributed by atoms with Crippen LogP contribution in [0.3, 0.4) is 0 Å². The van der Waals surface area contributed by atoms with Crippen molar-refractivity contribution in [3.8, 4) is 5.75 Å². The summed E-state index contributed by atoms with van der Waals surface area (Å²) >= 11 is 1.33. The standard InChI is InChI=1S/C19H23N3O3S/c1-13(2)18(24)14-4-5-16-15(10-14)11-22(8-9-25-16)17(23)12-26-19-20-6-3-7-21-19/h3-7,10,13,18,24H,8-9,11-12H2,1-2H3. The predicted molar refractivity (Wildman–Crippen MR) is 99.9 cm³/mol. The van der Waals surface area contributed by atoms with Crippen molar-refractivity contribution in [2.45, 2.75) is 31.7 Å². The Labute approximate surface area is 157 Å². The van der Waals surface area contributed by atoms with Crippen LogP contribution in [0.1, 0.15) is 31.1 Å². The minimum Gasteiger partial charge on any atom is -0.491 e. The van der Waals surface area contributed by atoms with Gasteiger partial charge in [0.25, 0.3) is 0 Å². The van der Waals surface area contributed by atoms with Gasteiger partial charge in [-0.1, -0.05) is 31.7 Å². The molecule has 7 heteroatoms. The van der Waals surface area contributed by atoms with Crippen LogP contribution < -0.4 is 4.74 Å². The van der Waals surface area contributed by atoms with Crippen LogP contribution in [0, 0.1) is 5.92 Å². The van der Waals surface area contributed by atoms with E-state index in [2.05, 4.69) is 9.97 Å². The Balaban J connectivity index is 1.69. The number of amides is 1. The van der Waals surface area contributed by atoms with E-state index >= 15 is 0 Å². The fourth-order valence-corrected chi connectivity index (χ4v) is 3.48. The first-order valence-electron chi connectivity index (χ1n) is 8.66. The van der Waals surface area contributed by atoms with Gasteiger partial charge in [0.1, 0.15) is 12.4 Å². The van der Waals surface area contributed by atoms with E-state index in [0.717, 1.165) is 16.9 Å². The first-order valence-corrected chi connectivity index (χ1v) is 9.64. The van der Waals surface area contributed by atoms with Crippen molar-refractivity contribution in [3.05, 3.63) is 47.8 Å². The molecule has 1 N–H and O–H groups in total. The second-order valence-electron chi connectivity index (χ2n) is 6.54. The lowest BCUT2D eigenvalue weighted by molar-refractivity contribution is -0.129. The molecular formula is C19H23N3O3S. The fourth-order valence-electron chi connectivity index (χ4n) is 2.77. The van der Waals surface area contributed by atoms with Crippen molar-refractivity contribution in [1.29, 1.82) is 0 Å². The van der Waals surface area contributed by atoms with Crippen molar-refractivity contribution in [1.82, 2.24) is 14.9 Å². The Hall–Kier alpha value is -2.12. The molecule has 1 unspecified atom stereocenters. The molecule has 6 nitrogen and oxygen atoms in total. The molecule has 1 atom stereocenters. The summed E-state index contributed by atoms with van der Waals surface area (Å²) in [6.45, 7) is 5.42. The number of hydrogen-bond donors (Lipinski definition) is 1. The third kappa shape index (κ3) is 4.53. The maximum Gasteiger partial charge on any atom is 0.233 e. The Morgan fingerprint density at radius 2 is 2.12 bits per heavy atom. The number of carbonyl (C=O) groups excluding carboxylic acids is 1. The smallest absolute Gasteiger partial charge is 0.233 e. The molecule has 26 heavy (non-hydrogen) atoms. The van der Waals surface area contributed by atoms with Crippen LogP contribution in [0.2, 0.25) is 0 Å². The van der Waals surface area contributed by atoms with Crippen LogP contribution in [-0.4, -0.2) is 44.8 Å². The lowest BCUT2D eigenvalue weighted by atomic mass is 9.97. The maximum absolute atomic E-state index is 12.6. The Morgan fingerprint density at radius 1 is 1.35 bits per heavy atom. The highest BCUT2D eigenvalue weighted by Crippen LogP contribution is 2.29. The van der Waals surface area contributed by atoms with E-state index in [1.54, 1.807) is 23.4 Å². The summed E-state index contributed by atoms with van der Waals surface area (Å²) in [6, 6.07) is 7.47. The summed E-state index contributed by atoms with van der Waals surface area (Å²) in [5.74, 6) is 1.21. The van der Waals surface area contributed by atoms with Crippen LogP contribution in [-0.2, 0) is 11.3 Å². The van der Waals surface area contributed by atoms with Crippen LogP contribution >= 0.6 is 11.8 Å². The van der Waals surface area contributed by atoms with E-state index in [9.17, 15) is 9.90 Å². The van der Waals surface area contributed by atoms with E-state index in [0.29, 0.717) is 24.9 Å². The van der Waals surface area contributed by atoms with E-state index in [4.69, 9.17) is 4.74 Å². The zero-order valence-electron chi connectivity index (χ0n) is 15.0. The second-order valence-corrected chi connectivity index (χ2v) is 7.48. The molecule has 3 rings (SSSR count). The zero-order chi connectivity index (χ0) is 18.5. The van der Waals surface area contributed by atoms with Crippen molar-refractivity contribution in [3.63, 3.8) is 0 Å². The van der Waals surface area contributed by atoms with Crippen LogP contribution in [0.25, 0.3) is 0 Å². The Bertz CT molecular complexity index is 755. The monoisotopic (exact) mass is 373 g/mol. The van der Waals surface area contributed by atoms with E-state index < -0.39 is 6.10 Å². The highest BCUT2D eigenvalue weighted by molar-refractivity contribution is 7.99. The van der Waals surface area contributed by atoms with Crippen LogP contribution in [0.5, 0.6) is 5.75 Å². The Kier molecular flexibility index (Phi) is 6.11. The summed E-state index contributed by atoms with van der Waals surface area (Å²) in [7, 11) is 0. The highest BCUT2D eigenvalue weighted by Gasteiger charge is 2.22. The molecule has 1 aliphatic heterocycles. The molecule has 0 radical (unpaired) electrons. The van der Waals surface area contributed by atoms with Gasteiger partial charge in [-0.3, -0.25) is 4.79 Å². The molecule has 0 spiro atoms.